The summed E-state index contributed by atoms with van der Waals surface area (Å²) in [7, 11) is -9.11. The van der Waals surface area contributed by atoms with Gasteiger partial charge in [-0.05, 0) is 0 Å². The van der Waals surface area contributed by atoms with Gasteiger partial charge in [0.25, 0.3) is 0 Å². The fourth-order valence-electron chi connectivity index (χ4n) is 0.109. The van der Waals surface area contributed by atoms with Gasteiger partial charge in [-0.15, -0.1) is 0 Å². The Hall–Kier alpha value is 1.27. The molecule has 0 aromatic carbocycles. The summed E-state index contributed by atoms with van der Waals surface area (Å²) < 4.78 is 54.4. The Labute approximate surface area is 82.7 Å². The zero-order valence-corrected chi connectivity index (χ0v) is 13.3. The topological polar surface area (TPSA) is 109 Å². The number of hydrogen-bond donors (Lipinski definition) is 2. The predicted octanol–water partition coefficient (Wildman–Crippen LogP) is -1.71. The molecule has 0 aliphatic rings. The molecule has 0 amide bonds. The van der Waals surface area contributed by atoms with Crippen LogP contribution in [0.1, 0.15) is 0 Å². The molecule has 0 fully saturated rings. The van der Waals surface area contributed by atoms with Crippen molar-refractivity contribution in [2.24, 2.45) is 0 Å². The maximum Gasteiger partial charge on any atom is 0 e. The van der Waals surface area contributed by atoms with Crippen LogP contribution in [0, 0.1) is 0 Å². The smallest absolute Gasteiger partial charge is 0 e. The molecular formula is H2HgO6S2Se. The Balaban J connectivity index is 0. The fraction of sp³-hybridized carbons (Fsp3) is 0. The molecule has 0 saturated carbocycles. The molecule has 0 aliphatic carbocycles. The second kappa shape index (κ2) is 4.34. The summed E-state index contributed by atoms with van der Waals surface area (Å²) in [5.41, 5.74) is 0. The van der Waals surface area contributed by atoms with E-state index in [9.17, 15) is 16.8 Å². The first kappa shape index (κ1) is 13.8. The van der Waals surface area contributed by atoms with Crippen molar-refractivity contribution in [3.05, 3.63) is 0 Å². The molecule has 0 aliphatic heterocycles. The van der Waals surface area contributed by atoms with E-state index in [0.717, 1.165) is 0 Å². The molecule has 58 valence electrons. The van der Waals surface area contributed by atoms with Gasteiger partial charge in [-0.25, -0.2) is 0 Å². The average molecular weight is 442 g/mol. The van der Waals surface area contributed by atoms with Crippen molar-refractivity contribution >= 4 is 29.8 Å². The Morgan fingerprint density at radius 3 is 1.10 bits per heavy atom. The van der Waals surface area contributed by atoms with Gasteiger partial charge in [0.15, 0.2) is 0 Å². The van der Waals surface area contributed by atoms with Gasteiger partial charge in [-0.2, -0.15) is 0 Å². The second-order valence-electron chi connectivity index (χ2n) is 0.924. The zero-order valence-electron chi connectivity index (χ0n) is 4.46. The van der Waals surface area contributed by atoms with Crippen molar-refractivity contribution in [1.29, 1.82) is 0 Å². The van der Waals surface area contributed by atoms with Gasteiger partial charge in [0, 0.05) is 27.7 Å². The van der Waals surface area contributed by atoms with E-state index in [1.807, 2.05) is 0 Å². The first-order chi connectivity index (χ1) is 3.71. The van der Waals surface area contributed by atoms with Gasteiger partial charge >= 0.3 is 55.7 Å². The van der Waals surface area contributed by atoms with Gasteiger partial charge in [0.05, 0.1) is 0 Å². The van der Waals surface area contributed by atoms with Crippen LogP contribution in [-0.4, -0.2) is 38.7 Å². The van der Waals surface area contributed by atoms with Gasteiger partial charge in [0.2, 0.25) is 0 Å². The Bertz CT molecular complexity index is 241. The quantitative estimate of drug-likeness (QED) is 0.390. The van der Waals surface area contributed by atoms with Crippen LogP contribution in [0.15, 0.2) is 0 Å². The van der Waals surface area contributed by atoms with Crippen LogP contribution < -0.4 is 0 Å². The minimum atomic E-state index is -4.56. The summed E-state index contributed by atoms with van der Waals surface area (Å²) in [6.45, 7) is 0. The van der Waals surface area contributed by atoms with E-state index in [1.54, 1.807) is 0 Å². The Kier molecular flexibility index (Phi) is 6.00. The predicted molar refractivity (Wildman–Crippen MR) is 28.9 cm³/mol. The van der Waals surface area contributed by atoms with Crippen molar-refractivity contribution in [1.82, 2.24) is 0 Å². The Morgan fingerprint density at radius 2 is 1.10 bits per heavy atom. The third-order valence-corrected chi connectivity index (χ3v) is 8.04. The van der Waals surface area contributed by atoms with Gasteiger partial charge in [-0.1, -0.05) is 0 Å². The van der Waals surface area contributed by atoms with Gasteiger partial charge in [0.1, 0.15) is 0 Å². The van der Waals surface area contributed by atoms with E-state index < -0.39 is 29.8 Å². The minimum Gasteiger partial charge on any atom is 0 e. The average Bonchev–Trinajstić information content (AvgIpc) is 1.14. The van der Waals surface area contributed by atoms with Crippen LogP contribution >= 0.6 is 0 Å². The van der Waals surface area contributed by atoms with Crippen LogP contribution in [0.3, 0.4) is 0 Å². The minimum absolute atomic E-state index is 0. The molecule has 10 heteroatoms. The van der Waals surface area contributed by atoms with Gasteiger partial charge in [-0.3, -0.25) is 0 Å². The second-order valence-corrected chi connectivity index (χ2v) is 11.1. The first-order valence-electron chi connectivity index (χ1n) is 1.37. The van der Waals surface area contributed by atoms with Crippen molar-refractivity contribution in [3.63, 3.8) is 0 Å². The van der Waals surface area contributed by atoms with Crippen LogP contribution in [0.25, 0.3) is 0 Å². The molecular weight excluding hydrogens is 440 g/mol. The zero-order chi connectivity index (χ0) is 7.71. The van der Waals surface area contributed by atoms with Crippen molar-refractivity contribution in [3.8, 4) is 0 Å². The van der Waals surface area contributed by atoms with Crippen LogP contribution in [0.5, 0.6) is 0 Å². The van der Waals surface area contributed by atoms with E-state index >= 15 is 0 Å². The summed E-state index contributed by atoms with van der Waals surface area (Å²) in [4.78, 5) is 0. The molecule has 0 bridgehead atoms. The third-order valence-electron chi connectivity index (χ3n) is 0.172. The van der Waals surface area contributed by atoms with E-state index in [0.29, 0.717) is 0 Å². The monoisotopic (exact) mass is 444 g/mol. The summed E-state index contributed by atoms with van der Waals surface area (Å²) in [5.74, 6) is 0. The molecule has 0 aromatic rings. The van der Waals surface area contributed by atoms with Crippen LogP contribution in [0.2, 0.25) is 0 Å². The SMILES string of the molecule is O=S(=O)(O)[Se]S(=O)(=O)O.[Hg]. The summed E-state index contributed by atoms with van der Waals surface area (Å²) in [5, 5.41) is 0. The van der Waals surface area contributed by atoms with Crippen molar-refractivity contribution in [2.45, 2.75) is 0 Å². The summed E-state index contributed by atoms with van der Waals surface area (Å²) in [6.07, 6.45) is 0. The van der Waals surface area contributed by atoms with E-state index in [1.165, 1.54) is 0 Å². The molecule has 2 N–H and O–H groups in total. The summed E-state index contributed by atoms with van der Waals surface area (Å²) >= 11 is -2.19. The molecule has 0 saturated heterocycles. The maximum absolute atomic E-state index is 9.69. The van der Waals surface area contributed by atoms with E-state index in [-0.39, 0.29) is 27.7 Å². The molecule has 0 atom stereocenters. The van der Waals surface area contributed by atoms with Crippen LogP contribution in [0.4, 0.5) is 0 Å². The number of hydrogen-bond acceptors (Lipinski definition) is 4. The molecule has 0 rings (SSSR count). The normalized spacial score (nSPS) is 12.2. The van der Waals surface area contributed by atoms with E-state index in [2.05, 4.69) is 0 Å². The van der Waals surface area contributed by atoms with Gasteiger partial charge < -0.3 is 0 Å². The molecule has 0 aromatic heterocycles. The van der Waals surface area contributed by atoms with Crippen molar-refractivity contribution < 1.29 is 53.6 Å². The van der Waals surface area contributed by atoms with E-state index in [4.69, 9.17) is 9.11 Å². The molecule has 0 radical (unpaired) electrons. The maximum atomic E-state index is 9.69. The largest absolute Gasteiger partial charge is 0 e. The molecule has 0 spiro atoms. The summed E-state index contributed by atoms with van der Waals surface area (Å²) in [6, 6.07) is 0. The third kappa shape index (κ3) is 12.0. The Morgan fingerprint density at radius 1 is 0.900 bits per heavy atom. The number of rotatable bonds is 2. The molecule has 0 unspecified atom stereocenters. The van der Waals surface area contributed by atoms with Crippen LogP contribution in [-0.2, 0) is 44.7 Å². The first-order valence-corrected chi connectivity index (χ1v) is 8.29. The molecule has 6 nitrogen and oxygen atoms in total. The van der Waals surface area contributed by atoms with Crippen molar-refractivity contribution in [2.75, 3.05) is 0 Å². The molecule has 10 heavy (non-hydrogen) atoms. The fourth-order valence-corrected chi connectivity index (χ4v) is 5.08. The standard InChI is InChI=1S/Hg.H2O6S2Se/c;1-7(2,3)9-8(4,5)6/h;(H,1,2,3)(H,4,5,6). The molecule has 0 heterocycles.